The van der Waals surface area contributed by atoms with Gasteiger partial charge in [0.25, 0.3) is 0 Å². The third-order valence-electron chi connectivity index (χ3n) is 12.4. The van der Waals surface area contributed by atoms with Gasteiger partial charge in [-0.1, -0.05) is 157 Å². The van der Waals surface area contributed by atoms with Crippen molar-refractivity contribution in [2.75, 3.05) is 9.80 Å². The van der Waals surface area contributed by atoms with Crippen LogP contribution in [0.4, 0.5) is 11.4 Å². The summed E-state index contributed by atoms with van der Waals surface area (Å²) in [4.78, 5) is 9.48. The molecule has 0 unspecified atom stereocenters. The Balaban J connectivity index is 0.00000595. The van der Waals surface area contributed by atoms with Crippen LogP contribution in [0, 0.1) is 24.2 Å². The SMILES string of the molecule is CC(C)(C)C1=CN(c2[c-]c(Oc3[c-]c4c(cc3)c3cc(C(C)(C)C)ccc3n4-c3cc(C(C)(C)C)ccn3)cc(C(C)(C)c3ccccc3)c2)[CH-]N1c1cccc(C(C)(C)C)c1.[Pt]. The van der Waals surface area contributed by atoms with Crippen molar-refractivity contribution in [3.8, 4) is 17.3 Å². The number of nitrogens with zero attached hydrogens (tertiary/aromatic N) is 4. The van der Waals surface area contributed by atoms with Crippen LogP contribution in [0.3, 0.4) is 0 Å². The summed E-state index contributed by atoms with van der Waals surface area (Å²) in [5.41, 5.74) is 10.9. The fraction of sp³-hybridized carbons (Fsp3) is 0.333. The van der Waals surface area contributed by atoms with Crippen molar-refractivity contribution in [1.29, 1.82) is 0 Å². The van der Waals surface area contributed by atoms with Crippen molar-refractivity contribution in [3.63, 3.8) is 0 Å². The Morgan fingerprint density at radius 1 is 0.540 bits per heavy atom. The summed E-state index contributed by atoms with van der Waals surface area (Å²) in [5.74, 6) is 2.09. The first-order valence-corrected chi connectivity index (χ1v) is 22.0. The Morgan fingerprint density at radius 2 is 1.19 bits per heavy atom. The predicted octanol–water partition coefficient (Wildman–Crippen LogP) is 15.1. The average molecular weight is 1020 g/mol. The molecule has 7 aromatic rings. The molecule has 2 aromatic heterocycles. The zero-order chi connectivity index (χ0) is 44.6. The minimum absolute atomic E-state index is 0. The van der Waals surface area contributed by atoms with Crippen LogP contribution in [-0.4, -0.2) is 9.55 Å². The minimum Gasteiger partial charge on any atom is -0.509 e. The van der Waals surface area contributed by atoms with E-state index in [0.29, 0.717) is 11.5 Å². The van der Waals surface area contributed by atoms with Crippen molar-refractivity contribution < 1.29 is 25.8 Å². The molecule has 5 aromatic carbocycles. The Morgan fingerprint density at radius 3 is 1.86 bits per heavy atom. The maximum Gasteiger partial charge on any atom is 0.135 e. The van der Waals surface area contributed by atoms with Crippen LogP contribution in [-0.2, 0) is 42.7 Å². The number of rotatable bonds is 7. The Kier molecular flexibility index (Phi) is 12.0. The molecule has 3 heterocycles. The molecule has 1 aliphatic rings. The summed E-state index contributed by atoms with van der Waals surface area (Å²) in [6.07, 6.45) is 4.17. The summed E-state index contributed by atoms with van der Waals surface area (Å²) in [5, 5.41) is 2.27. The first kappa shape index (κ1) is 45.9. The Hall–Kier alpha value is -5.12. The van der Waals surface area contributed by atoms with Gasteiger partial charge in [0.15, 0.2) is 0 Å². The van der Waals surface area contributed by atoms with E-state index >= 15 is 0 Å². The summed E-state index contributed by atoms with van der Waals surface area (Å²) in [6, 6.07) is 46.8. The molecule has 63 heavy (non-hydrogen) atoms. The largest absolute Gasteiger partial charge is 0.509 e. The minimum atomic E-state index is -0.338. The van der Waals surface area contributed by atoms with E-state index in [-0.39, 0.29) is 48.1 Å². The molecule has 0 spiro atoms. The van der Waals surface area contributed by atoms with Crippen LogP contribution < -0.4 is 14.5 Å². The van der Waals surface area contributed by atoms with E-state index in [1.807, 2.05) is 12.3 Å². The van der Waals surface area contributed by atoms with E-state index in [9.17, 15) is 0 Å². The molecule has 0 fully saturated rings. The van der Waals surface area contributed by atoms with Crippen LogP contribution in [0.5, 0.6) is 11.5 Å². The number of ether oxygens (including phenoxy) is 1. The number of anilines is 2. The first-order valence-electron chi connectivity index (χ1n) is 22.0. The molecule has 0 radical (unpaired) electrons. The molecule has 8 rings (SSSR count). The van der Waals surface area contributed by atoms with Crippen LogP contribution in [0.25, 0.3) is 27.6 Å². The summed E-state index contributed by atoms with van der Waals surface area (Å²) in [6.45, 7) is 33.9. The number of fused-ring (bicyclic) bond motifs is 3. The smallest absolute Gasteiger partial charge is 0.135 e. The zero-order valence-corrected chi connectivity index (χ0v) is 41.9. The predicted molar refractivity (Wildman–Crippen MR) is 261 cm³/mol. The van der Waals surface area contributed by atoms with Gasteiger partial charge < -0.3 is 19.1 Å². The standard InChI is InChI=1S/C57H63N4O.Pt/c1-53(2,3)39-21-18-22-43(29-39)60-37-59(36-51(60)56(10,11)12)44-30-42(57(13,14)38-19-16-15-17-20-38)31-46(34-44)62-45-24-25-47-48-32-40(54(4,5)6)23-26-49(48)61(50(47)35-45)52-33-41(27-28-58-52)55(7,8)9;/h15-33,36-37H,1-14H3;/q-3;. The van der Waals surface area contributed by atoms with E-state index in [2.05, 4.69) is 239 Å². The van der Waals surface area contributed by atoms with Gasteiger partial charge >= 0.3 is 0 Å². The molecular formula is C57H63N4OPt-3. The quantitative estimate of drug-likeness (QED) is 0.149. The summed E-state index contributed by atoms with van der Waals surface area (Å²) in [7, 11) is 0. The molecule has 0 saturated heterocycles. The molecule has 0 N–H and O–H groups in total. The third kappa shape index (κ3) is 9.14. The van der Waals surface area contributed by atoms with Gasteiger partial charge in [-0.05, 0) is 85.8 Å². The molecule has 5 nitrogen and oxygen atoms in total. The second-order valence-electron chi connectivity index (χ2n) is 21.7. The molecule has 0 amide bonds. The monoisotopic (exact) mass is 1010 g/mol. The van der Waals surface area contributed by atoms with Crippen LogP contribution >= 0.6 is 0 Å². The van der Waals surface area contributed by atoms with Crippen molar-refractivity contribution in [3.05, 3.63) is 174 Å². The number of pyridine rings is 1. The van der Waals surface area contributed by atoms with Crippen molar-refractivity contribution >= 4 is 33.2 Å². The molecule has 330 valence electrons. The molecule has 0 saturated carbocycles. The van der Waals surface area contributed by atoms with Gasteiger partial charge in [0.05, 0.1) is 0 Å². The number of benzene rings is 5. The van der Waals surface area contributed by atoms with E-state index in [1.54, 1.807) is 0 Å². The second-order valence-corrected chi connectivity index (χ2v) is 21.7. The molecule has 1 aliphatic heterocycles. The fourth-order valence-electron chi connectivity index (χ4n) is 8.35. The number of aromatic nitrogens is 2. The van der Waals surface area contributed by atoms with E-state index in [1.165, 1.54) is 33.3 Å². The van der Waals surface area contributed by atoms with Gasteiger partial charge in [0.1, 0.15) is 5.82 Å². The number of hydrogen-bond donors (Lipinski definition) is 0. The van der Waals surface area contributed by atoms with Gasteiger partial charge in [-0.15, -0.1) is 53.6 Å². The molecular weight excluding hydrogens is 952 g/mol. The third-order valence-corrected chi connectivity index (χ3v) is 12.4. The summed E-state index contributed by atoms with van der Waals surface area (Å²) >= 11 is 0. The van der Waals surface area contributed by atoms with Gasteiger partial charge in [0.2, 0.25) is 0 Å². The Labute approximate surface area is 391 Å². The summed E-state index contributed by atoms with van der Waals surface area (Å²) < 4.78 is 9.18. The van der Waals surface area contributed by atoms with Gasteiger partial charge in [0, 0.05) is 61.1 Å². The van der Waals surface area contributed by atoms with E-state index in [0.717, 1.165) is 39.2 Å². The van der Waals surface area contributed by atoms with E-state index in [4.69, 9.17) is 9.72 Å². The molecule has 0 bridgehead atoms. The van der Waals surface area contributed by atoms with Crippen LogP contribution in [0.2, 0.25) is 0 Å². The number of hydrogen-bond acceptors (Lipinski definition) is 4. The maximum atomic E-state index is 6.94. The van der Waals surface area contributed by atoms with Gasteiger partial charge in [-0.3, -0.25) is 0 Å². The molecule has 6 heteroatoms. The second kappa shape index (κ2) is 16.5. The first-order chi connectivity index (χ1) is 29.0. The topological polar surface area (TPSA) is 33.5 Å². The molecule has 0 atom stereocenters. The van der Waals surface area contributed by atoms with E-state index < -0.39 is 0 Å². The normalized spacial score (nSPS) is 14.0. The Bertz CT molecular complexity index is 2820. The van der Waals surface area contributed by atoms with Crippen molar-refractivity contribution in [2.24, 2.45) is 5.41 Å². The van der Waals surface area contributed by atoms with Crippen molar-refractivity contribution in [1.82, 2.24) is 9.55 Å². The van der Waals surface area contributed by atoms with Crippen LogP contribution in [0.15, 0.2) is 127 Å². The fourth-order valence-corrected chi connectivity index (χ4v) is 8.35. The van der Waals surface area contributed by atoms with Gasteiger partial charge in [-0.2, -0.15) is 6.07 Å². The number of allylic oxidation sites excluding steroid dienone is 1. The zero-order valence-electron chi connectivity index (χ0n) is 39.6. The maximum absolute atomic E-state index is 6.94. The van der Waals surface area contributed by atoms with Gasteiger partial charge in [-0.25, -0.2) is 4.98 Å². The average Bonchev–Trinajstić information content (AvgIpc) is 3.81. The molecule has 0 aliphatic carbocycles. The van der Waals surface area contributed by atoms with Crippen LogP contribution in [0.1, 0.15) is 125 Å². The van der Waals surface area contributed by atoms with Crippen molar-refractivity contribution in [2.45, 2.75) is 119 Å².